The molecule has 10 heavy (non-hydrogen) atoms. The highest BCUT2D eigenvalue weighted by Gasteiger charge is 2.40. The number of carbonyl (C=O) groups is 2. The second-order valence-electron chi connectivity index (χ2n) is 2.53. The van der Waals surface area contributed by atoms with Crippen LogP contribution in [0.5, 0.6) is 0 Å². The minimum Gasteiger partial charge on any atom is -0.273 e. The normalized spacial score (nSPS) is 33.7. The number of nitrogens with zero attached hydrogens (tertiary/aromatic N) is 1. The number of amides is 2. The van der Waals surface area contributed by atoms with Crippen molar-refractivity contribution in [3.63, 3.8) is 0 Å². The van der Waals surface area contributed by atoms with Gasteiger partial charge in [0.1, 0.15) is 0 Å². The lowest BCUT2D eigenvalue weighted by Crippen LogP contribution is -2.18. The van der Waals surface area contributed by atoms with Crippen molar-refractivity contribution in [2.45, 2.75) is 13.8 Å². The smallest absolute Gasteiger partial charge is 0.241 e. The molecule has 1 saturated heterocycles. The zero-order chi connectivity index (χ0) is 7.89. The molecule has 0 spiro atoms. The average Bonchev–Trinajstić information content (AvgIpc) is 2.07. The largest absolute Gasteiger partial charge is 0.273 e. The summed E-state index contributed by atoms with van der Waals surface area (Å²) in [5.74, 6) is -0.412. The van der Waals surface area contributed by atoms with Crippen LogP contribution in [-0.4, -0.2) is 14.9 Å². The molecule has 4 heteroatoms. The second kappa shape index (κ2) is 2.48. The molecule has 1 fully saturated rings. The van der Waals surface area contributed by atoms with Gasteiger partial charge in [0.05, 0.1) is 22.9 Å². The van der Waals surface area contributed by atoms with Crippen molar-refractivity contribution in [2.24, 2.45) is 11.8 Å². The first-order valence-corrected chi connectivity index (χ1v) is 4.05. The Morgan fingerprint density at radius 1 is 1.20 bits per heavy atom. The van der Waals surface area contributed by atoms with E-state index >= 15 is 0 Å². The third kappa shape index (κ3) is 0.941. The number of halogens is 1. The van der Waals surface area contributed by atoms with Crippen molar-refractivity contribution in [1.82, 2.24) is 3.11 Å². The fourth-order valence-corrected chi connectivity index (χ4v) is 1.77. The van der Waals surface area contributed by atoms with Gasteiger partial charge in [-0.1, -0.05) is 13.8 Å². The summed E-state index contributed by atoms with van der Waals surface area (Å²) in [5, 5.41) is 0. The molecular formula is C6H8INO2. The lowest BCUT2D eigenvalue weighted by Gasteiger charge is -1.99. The monoisotopic (exact) mass is 253 g/mol. The molecule has 1 aliphatic rings. The third-order valence-electron chi connectivity index (χ3n) is 1.92. The Kier molecular flexibility index (Phi) is 1.98. The molecular weight excluding hydrogens is 245 g/mol. The van der Waals surface area contributed by atoms with Crippen LogP contribution in [0.15, 0.2) is 0 Å². The topological polar surface area (TPSA) is 37.4 Å². The molecule has 2 amide bonds. The van der Waals surface area contributed by atoms with Crippen molar-refractivity contribution in [3.05, 3.63) is 0 Å². The Morgan fingerprint density at radius 3 is 1.60 bits per heavy atom. The Hall–Kier alpha value is -0.130. The fourth-order valence-electron chi connectivity index (χ4n) is 0.894. The van der Waals surface area contributed by atoms with Gasteiger partial charge in [-0.25, -0.2) is 3.11 Å². The van der Waals surface area contributed by atoms with Gasteiger partial charge < -0.3 is 0 Å². The number of carbonyl (C=O) groups excluding carboxylic acids is 2. The molecule has 0 radical (unpaired) electrons. The summed E-state index contributed by atoms with van der Waals surface area (Å²) >= 11 is 1.75. The van der Waals surface area contributed by atoms with E-state index in [4.69, 9.17) is 0 Å². The molecule has 1 heterocycles. The molecule has 1 aliphatic heterocycles. The van der Waals surface area contributed by atoms with E-state index in [-0.39, 0.29) is 23.7 Å². The van der Waals surface area contributed by atoms with Gasteiger partial charge in [0.2, 0.25) is 11.8 Å². The molecule has 0 bridgehead atoms. The highest BCUT2D eigenvalue weighted by atomic mass is 127. The van der Waals surface area contributed by atoms with Crippen LogP contribution in [0.4, 0.5) is 0 Å². The number of hydrogen-bond acceptors (Lipinski definition) is 2. The summed E-state index contributed by atoms with van der Waals surface area (Å²) in [4.78, 5) is 22.0. The van der Waals surface area contributed by atoms with Crippen LogP contribution < -0.4 is 0 Å². The molecule has 0 aliphatic carbocycles. The van der Waals surface area contributed by atoms with E-state index in [9.17, 15) is 9.59 Å². The fraction of sp³-hybridized carbons (Fsp3) is 0.667. The van der Waals surface area contributed by atoms with Crippen molar-refractivity contribution in [2.75, 3.05) is 0 Å². The van der Waals surface area contributed by atoms with Crippen LogP contribution >= 0.6 is 22.9 Å². The van der Waals surface area contributed by atoms with Crippen LogP contribution in [0.1, 0.15) is 13.8 Å². The summed E-state index contributed by atoms with van der Waals surface area (Å²) in [6.45, 7) is 3.56. The minimum absolute atomic E-state index is 0.0712. The first kappa shape index (κ1) is 7.97. The summed E-state index contributed by atoms with van der Waals surface area (Å²) in [6, 6.07) is 0. The zero-order valence-corrected chi connectivity index (χ0v) is 7.95. The van der Waals surface area contributed by atoms with E-state index in [0.717, 1.165) is 0 Å². The maximum absolute atomic E-state index is 11.0. The van der Waals surface area contributed by atoms with E-state index in [1.807, 2.05) is 0 Å². The average molecular weight is 253 g/mol. The molecule has 1 rings (SSSR count). The van der Waals surface area contributed by atoms with Crippen LogP contribution in [-0.2, 0) is 9.59 Å². The number of imide groups is 1. The van der Waals surface area contributed by atoms with E-state index in [2.05, 4.69) is 0 Å². The van der Waals surface area contributed by atoms with Crippen molar-refractivity contribution >= 4 is 34.7 Å². The van der Waals surface area contributed by atoms with Gasteiger partial charge in [0.25, 0.3) is 0 Å². The first-order valence-electron chi connectivity index (χ1n) is 3.09. The standard InChI is InChI=1S/C6H8INO2/c1-3-4(2)6(10)8(7)5(3)9/h3-4H,1-2H3. The Balaban J connectivity index is 2.89. The van der Waals surface area contributed by atoms with Crippen LogP contribution in [0.25, 0.3) is 0 Å². The van der Waals surface area contributed by atoms with Gasteiger partial charge in [-0.3, -0.25) is 9.59 Å². The summed E-state index contributed by atoms with van der Waals surface area (Å²) in [7, 11) is 0. The van der Waals surface area contributed by atoms with Gasteiger partial charge in [-0.15, -0.1) is 0 Å². The summed E-state index contributed by atoms with van der Waals surface area (Å²) < 4.78 is 1.17. The lowest BCUT2D eigenvalue weighted by molar-refractivity contribution is -0.131. The second-order valence-corrected chi connectivity index (χ2v) is 3.50. The van der Waals surface area contributed by atoms with Crippen LogP contribution in [0.3, 0.4) is 0 Å². The Morgan fingerprint density at radius 2 is 1.50 bits per heavy atom. The van der Waals surface area contributed by atoms with Gasteiger partial charge in [0.15, 0.2) is 0 Å². The van der Waals surface area contributed by atoms with E-state index < -0.39 is 0 Å². The number of hydrogen-bond donors (Lipinski definition) is 0. The van der Waals surface area contributed by atoms with Crippen molar-refractivity contribution in [1.29, 1.82) is 0 Å². The van der Waals surface area contributed by atoms with Gasteiger partial charge >= 0.3 is 0 Å². The molecule has 2 unspecified atom stereocenters. The lowest BCUT2D eigenvalue weighted by atomic mass is 10.00. The van der Waals surface area contributed by atoms with E-state index in [0.29, 0.717) is 0 Å². The molecule has 0 aromatic carbocycles. The third-order valence-corrected chi connectivity index (χ3v) is 2.87. The molecule has 56 valence electrons. The van der Waals surface area contributed by atoms with Crippen LogP contribution in [0, 0.1) is 11.8 Å². The quantitative estimate of drug-likeness (QED) is 0.366. The predicted molar refractivity (Wildman–Crippen MR) is 44.2 cm³/mol. The first-order chi connectivity index (χ1) is 4.55. The van der Waals surface area contributed by atoms with Gasteiger partial charge in [-0.05, 0) is 0 Å². The van der Waals surface area contributed by atoms with Crippen molar-refractivity contribution in [3.8, 4) is 0 Å². The van der Waals surface area contributed by atoms with Gasteiger partial charge in [-0.2, -0.15) is 0 Å². The zero-order valence-electron chi connectivity index (χ0n) is 5.80. The van der Waals surface area contributed by atoms with Crippen molar-refractivity contribution < 1.29 is 9.59 Å². The molecule has 0 N–H and O–H groups in total. The molecule has 3 nitrogen and oxygen atoms in total. The molecule has 0 aromatic rings. The SMILES string of the molecule is CC1C(=O)N(I)C(=O)C1C. The molecule has 0 aromatic heterocycles. The predicted octanol–water partition coefficient (Wildman–Crippen LogP) is 0.977. The van der Waals surface area contributed by atoms with Gasteiger partial charge in [0, 0.05) is 11.8 Å². The number of rotatable bonds is 0. The molecule has 2 atom stereocenters. The maximum atomic E-state index is 11.0. The molecule has 0 saturated carbocycles. The van der Waals surface area contributed by atoms with Crippen LogP contribution in [0.2, 0.25) is 0 Å². The highest BCUT2D eigenvalue weighted by Crippen LogP contribution is 2.27. The van der Waals surface area contributed by atoms with E-state index in [1.165, 1.54) is 3.11 Å². The summed E-state index contributed by atoms with van der Waals surface area (Å²) in [5.41, 5.74) is 0. The summed E-state index contributed by atoms with van der Waals surface area (Å²) in [6.07, 6.45) is 0. The highest BCUT2D eigenvalue weighted by molar-refractivity contribution is 14.1. The Bertz CT molecular complexity index is 172. The Labute approximate surface area is 73.3 Å². The minimum atomic E-state index is -0.135. The maximum Gasteiger partial charge on any atom is 0.241 e. The van der Waals surface area contributed by atoms with E-state index in [1.54, 1.807) is 36.7 Å².